The highest BCUT2D eigenvalue weighted by Crippen LogP contribution is 2.27. The van der Waals surface area contributed by atoms with Gasteiger partial charge < -0.3 is 0 Å². The summed E-state index contributed by atoms with van der Waals surface area (Å²) in [4.78, 5) is 17.5. The predicted molar refractivity (Wildman–Crippen MR) is 96.1 cm³/mol. The largest absolute Gasteiger partial charge is 0.284 e. The van der Waals surface area contributed by atoms with E-state index in [0.29, 0.717) is 17.1 Å². The van der Waals surface area contributed by atoms with Crippen LogP contribution in [0.1, 0.15) is 12.6 Å². The average Bonchev–Trinajstić information content (AvgIpc) is 3.01. The van der Waals surface area contributed by atoms with Gasteiger partial charge in [-0.15, -0.1) is 0 Å². The van der Waals surface area contributed by atoms with Gasteiger partial charge in [0.1, 0.15) is 0 Å². The molecule has 0 aliphatic carbocycles. The van der Waals surface area contributed by atoms with Crippen LogP contribution in [-0.2, 0) is 6.54 Å². The van der Waals surface area contributed by atoms with Gasteiger partial charge in [0.25, 0.3) is 5.56 Å². The number of halogens is 1. The number of fused-ring (bicyclic) bond motifs is 3. The van der Waals surface area contributed by atoms with Crippen LogP contribution in [0, 0.1) is 6.92 Å². The number of hydrogen-bond acceptors (Lipinski definition) is 3. The van der Waals surface area contributed by atoms with E-state index >= 15 is 0 Å². The van der Waals surface area contributed by atoms with Gasteiger partial charge in [-0.1, -0.05) is 17.7 Å². The number of aryl methyl sites for hydroxylation is 2. The molecule has 0 atom stereocenters. The Kier molecular flexibility index (Phi) is 3.39. The van der Waals surface area contributed by atoms with Crippen molar-refractivity contribution in [2.45, 2.75) is 20.4 Å². The van der Waals surface area contributed by atoms with Gasteiger partial charge in [-0.2, -0.15) is 5.10 Å². The van der Waals surface area contributed by atoms with Crippen LogP contribution in [0.25, 0.3) is 27.5 Å². The third-order valence-corrected chi connectivity index (χ3v) is 4.44. The van der Waals surface area contributed by atoms with Crippen LogP contribution in [0.5, 0.6) is 0 Å². The molecule has 0 bridgehead atoms. The highest BCUT2D eigenvalue weighted by molar-refractivity contribution is 6.31. The number of nitrogens with zero attached hydrogens (tertiary/aromatic N) is 4. The first-order valence-electron chi connectivity index (χ1n) is 7.73. The van der Waals surface area contributed by atoms with Crippen LogP contribution in [0.2, 0.25) is 5.02 Å². The van der Waals surface area contributed by atoms with Gasteiger partial charge in [0.05, 0.1) is 16.9 Å². The molecule has 0 aliphatic rings. The molecule has 4 rings (SSSR count). The molecular formula is C18H15ClN4O. The number of benzene rings is 1. The number of aromatic nitrogens is 4. The molecule has 24 heavy (non-hydrogen) atoms. The van der Waals surface area contributed by atoms with E-state index in [-0.39, 0.29) is 5.56 Å². The second-order valence-electron chi connectivity index (χ2n) is 5.66. The van der Waals surface area contributed by atoms with Crippen molar-refractivity contribution < 1.29 is 0 Å². The molecule has 4 aromatic rings. The summed E-state index contributed by atoms with van der Waals surface area (Å²) in [5.74, 6) is 0. The standard InChI is InChI=1S/C18H15ClN4O/c1-3-22-10-14-13-7-6-12(19)9-16(13)23(18(24)17(14)21-22)15-5-4-8-20-11(15)2/h4-10H,3H2,1-2H3. The number of pyridine rings is 2. The van der Waals surface area contributed by atoms with Crippen LogP contribution in [0.4, 0.5) is 0 Å². The minimum absolute atomic E-state index is 0.164. The van der Waals surface area contributed by atoms with Gasteiger partial charge in [0.15, 0.2) is 5.52 Å². The maximum absolute atomic E-state index is 13.2. The lowest BCUT2D eigenvalue weighted by Crippen LogP contribution is -2.20. The molecule has 0 N–H and O–H groups in total. The van der Waals surface area contributed by atoms with Crippen LogP contribution < -0.4 is 5.56 Å². The Balaban J connectivity index is 2.26. The van der Waals surface area contributed by atoms with Crippen molar-refractivity contribution in [3.05, 3.63) is 63.8 Å². The molecule has 1 aromatic carbocycles. The average molecular weight is 339 g/mol. The highest BCUT2D eigenvalue weighted by atomic mass is 35.5. The lowest BCUT2D eigenvalue weighted by molar-refractivity contribution is 0.667. The summed E-state index contributed by atoms with van der Waals surface area (Å²) in [6.45, 7) is 4.58. The molecule has 3 heterocycles. The quantitative estimate of drug-likeness (QED) is 0.559. The zero-order chi connectivity index (χ0) is 16.8. The topological polar surface area (TPSA) is 52.7 Å². The molecule has 3 aromatic heterocycles. The summed E-state index contributed by atoms with van der Waals surface area (Å²) in [7, 11) is 0. The molecule has 0 saturated heterocycles. The third-order valence-electron chi connectivity index (χ3n) is 4.20. The number of rotatable bonds is 2. The Hall–Kier alpha value is -2.66. The van der Waals surface area contributed by atoms with Crippen LogP contribution in [-0.4, -0.2) is 19.3 Å². The molecule has 120 valence electrons. The minimum Gasteiger partial charge on any atom is -0.273 e. The zero-order valence-corrected chi connectivity index (χ0v) is 14.1. The maximum Gasteiger partial charge on any atom is 0.284 e. The van der Waals surface area contributed by atoms with E-state index in [2.05, 4.69) is 10.1 Å². The summed E-state index contributed by atoms with van der Waals surface area (Å²) in [5, 5.41) is 6.81. The predicted octanol–water partition coefficient (Wildman–Crippen LogP) is 3.72. The molecule has 0 fully saturated rings. The fourth-order valence-electron chi connectivity index (χ4n) is 3.02. The Morgan fingerprint density at radius 3 is 2.79 bits per heavy atom. The Labute approximate surface area is 143 Å². The normalized spacial score (nSPS) is 11.5. The van der Waals surface area contributed by atoms with Gasteiger partial charge in [-0.3, -0.25) is 19.0 Å². The summed E-state index contributed by atoms with van der Waals surface area (Å²) in [6, 6.07) is 9.28. The maximum atomic E-state index is 13.2. The zero-order valence-electron chi connectivity index (χ0n) is 13.3. The fourth-order valence-corrected chi connectivity index (χ4v) is 3.19. The van der Waals surface area contributed by atoms with Crippen LogP contribution in [0.15, 0.2) is 47.5 Å². The summed E-state index contributed by atoms with van der Waals surface area (Å²) < 4.78 is 3.43. The molecule has 0 amide bonds. The van der Waals surface area contributed by atoms with E-state index in [9.17, 15) is 4.79 Å². The van der Waals surface area contributed by atoms with Crippen molar-refractivity contribution >= 4 is 33.4 Å². The van der Waals surface area contributed by atoms with E-state index < -0.39 is 0 Å². The first kappa shape index (κ1) is 14.9. The van der Waals surface area contributed by atoms with Crippen molar-refractivity contribution in [1.82, 2.24) is 19.3 Å². The van der Waals surface area contributed by atoms with Gasteiger partial charge in [0, 0.05) is 34.7 Å². The van der Waals surface area contributed by atoms with Gasteiger partial charge in [0.2, 0.25) is 0 Å². The van der Waals surface area contributed by atoms with Crippen molar-refractivity contribution in [3.63, 3.8) is 0 Å². The van der Waals surface area contributed by atoms with Crippen molar-refractivity contribution in [2.75, 3.05) is 0 Å². The van der Waals surface area contributed by atoms with E-state index in [1.807, 2.05) is 50.4 Å². The SMILES string of the molecule is CCn1cc2c(n1)c(=O)n(-c1cccnc1C)c1cc(Cl)ccc21. The van der Waals surface area contributed by atoms with E-state index in [4.69, 9.17) is 11.6 Å². The van der Waals surface area contributed by atoms with Crippen molar-refractivity contribution in [3.8, 4) is 5.69 Å². The summed E-state index contributed by atoms with van der Waals surface area (Å²) in [6.07, 6.45) is 3.62. The van der Waals surface area contributed by atoms with Crippen molar-refractivity contribution in [1.29, 1.82) is 0 Å². The Morgan fingerprint density at radius 2 is 2.04 bits per heavy atom. The van der Waals surface area contributed by atoms with E-state index in [1.54, 1.807) is 15.4 Å². The smallest absolute Gasteiger partial charge is 0.273 e. The third kappa shape index (κ3) is 2.12. The second-order valence-corrected chi connectivity index (χ2v) is 6.09. The van der Waals surface area contributed by atoms with Crippen LogP contribution in [0.3, 0.4) is 0 Å². The molecule has 0 aliphatic heterocycles. The van der Waals surface area contributed by atoms with Gasteiger partial charge >= 0.3 is 0 Å². The molecule has 0 spiro atoms. The molecule has 0 saturated carbocycles. The lowest BCUT2D eigenvalue weighted by Gasteiger charge is -2.13. The molecule has 0 unspecified atom stereocenters. The van der Waals surface area contributed by atoms with E-state index in [1.165, 1.54) is 0 Å². The summed E-state index contributed by atoms with van der Waals surface area (Å²) >= 11 is 6.20. The molecule has 5 nitrogen and oxygen atoms in total. The monoisotopic (exact) mass is 338 g/mol. The van der Waals surface area contributed by atoms with E-state index in [0.717, 1.165) is 27.7 Å². The minimum atomic E-state index is -0.164. The first-order chi connectivity index (χ1) is 11.6. The Morgan fingerprint density at radius 1 is 1.21 bits per heavy atom. The molecule has 0 radical (unpaired) electrons. The number of hydrogen-bond donors (Lipinski definition) is 0. The second kappa shape index (κ2) is 5.46. The highest BCUT2D eigenvalue weighted by Gasteiger charge is 2.16. The Bertz CT molecular complexity index is 1140. The molecular weight excluding hydrogens is 324 g/mol. The molecule has 6 heteroatoms. The van der Waals surface area contributed by atoms with Crippen LogP contribution >= 0.6 is 11.6 Å². The van der Waals surface area contributed by atoms with Crippen molar-refractivity contribution in [2.24, 2.45) is 0 Å². The lowest BCUT2D eigenvalue weighted by atomic mass is 10.1. The summed E-state index contributed by atoms with van der Waals surface area (Å²) in [5.41, 5.74) is 2.56. The van der Waals surface area contributed by atoms with Gasteiger partial charge in [-0.05, 0) is 38.1 Å². The van der Waals surface area contributed by atoms with Gasteiger partial charge in [-0.25, -0.2) is 0 Å². The fraction of sp³-hybridized carbons (Fsp3) is 0.167. The first-order valence-corrected chi connectivity index (χ1v) is 8.11.